The van der Waals surface area contributed by atoms with Gasteiger partial charge in [-0.1, -0.05) is 19.1 Å². The fourth-order valence-electron chi connectivity index (χ4n) is 2.24. The molecule has 0 spiro atoms. The Kier molecular flexibility index (Phi) is 3.90. The normalized spacial score (nSPS) is 24.9. The fraction of sp³-hybridized carbons (Fsp3) is 0.462. The van der Waals surface area contributed by atoms with Gasteiger partial charge in [-0.3, -0.25) is 0 Å². The summed E-state index contributed by atoms with van der Waals surface area (Å²) < 4.78 is 26.4. The van der Waals surface area contributed by atoms with Gasteiger partial charge in [0.05, 0.1) is 16.6 Å². The number of hydrogen-bond acceptors (Lipinski definition) is 4. The van der Waals surface area contributed by atoms with Gasteiger partial charge in [-0.05, 0) is 24.5 Å². The predicted molar refractivity (Wildman–Crippen MR) is 69.7 cm³/mol. The van der Waals surface area contributed by atoms with Crippen LogP contribution in [0.3, 0.4) is 0 Å². The number of nitriles is 1. The van der Waals surface area contributed by atoms with Crippen LogP contribution in [0.25, 0.3) is 0 Å². The molecule has 0 radical (unpaired) electrons. The predicted octanol–water partition coefficient (Wildman–Crippen LogP) is 0.950. The quantitative estimate of drug-likeness (QED) is 0.874. The highest BCUT2D eigenvalue weighted by Crippen LogP contribution is 2.25. The Hall–Kier alpha value is -1.42. The molecule has 0 aromatic heterocycles. The summed E-state index contributed by atoms with van der Waals surface area (Å²) in [4.78, 5) is 0.0427. The van der Waals surface area contributed by atoms with Gasteiger partial charge in [-0.2, -0.15) is 9.57 Å². The maximum Gasteiger partial charge on any atom is 0.244 e. The summed E-state index contributed by atoms with van der Waals surface area (Å²) in [6.45, 7) is 2.39. The van der Waals surface area contributed by atoms with Crippen molar-refractivity contribution in [3.63, 3.8) is 0 Å². The molecule has 1 heterocycles. The topological polar surface area (TPSA) is 81.4 Å². The second-order valence-electron chi connectivity index (χ2n) is 4.80. The van der Waals surface area contributed by atoms with Crippen molar-refractivity contribution in [1.29, 1.82) is 5.26 Å². The molecule has 1 aromatic carbocycles. The highest BCUT2D eigenvalue weighted by atomic mass is 32.2. The third-order valence-corrected chi connectivity index (χ3v) is 5.37. The average Bonchev–Trinajstić information content (AvgIpc) is 2.41. The van der Waals surface area contributed by atoms with Crippen molar-refractivity contribution in [3.05, 3.63) is 29.8 Å². The molecule has 0 saturated carbocycles. The lowest BCUT2D eigenvalue weighted by atomic mass is 9.99. The lowest BCUT2D eigenvalue weighted by molar-refractivity contribution is 0.0628. The molecule has 1 N–H and O–H groups in total. The number of aliphatic hydroxyl groups excluding tert-OH is 1. The molecule has 1 saturated heterocycles. The molecule has 0 amide bonds. The van der Waals surface area contributed by atoms with Crippen LogP contribution < -0.4 is 0 Å². The molecular formula is C13H16N2O3S. The number of sulfonamides is 1. The second kappa shape index (κ2) is 5.29. The molecule has 2 rings (SSSR count). The third kappa shape index (κ3) is 2.63. The summed E-state index contributed by atoms with van der Waals surface area (Å²) >= 11 is 0. The first-order valence-electron chi connectivity index (χ1n) is 6.14. The molecule has 6 heteroatoms. The lowest BCUT2D eigenvalue weighted by Gasteiger charge is -2.33. The Labute approximate surface area is 113 Å². The van der Waals surface area contributed by atoms with Gasteiger partial charge < -0.3 is 5.11 Å². The van der Waals surface area contributed by atoms with Gasteiger partial charge in [-0.25, -0.2) is 8.42 Å². The molecule has 2 unspecified atom stereocenters. The van der Waals surface area contributed by atoms with Crippen LogP contribution in [0.1, 0.15) is 18.9 Å². The minimum absolute atomic E-state index is 0.0427. The van der Waals surface area contributed by atoms with Crippen LogP contribution in [0, 0.1) is 17.2 Å². The number of aliphatic hydroxyl groups is 1. The van der Waals surface area contributed by atoms with Gasteiger partial charge in [0.1, 0.15) is 6.07 Å². The Balaban J connectivity index is 2.36. The van der Waals surface area contributed by atoms with Crippen LogP contribution in [-0.4, -0.2) is 37.0 Å². The number of hydrogen-bond donors (Lipinski definition) is 1. The van der Waals surface area contributed by atoms with Crippen LogP contribution >= 0.6 is 0 Å². The molecule has 1 aliphatic heterocycles. The van der Waals surface area contributed by atoms with E-state index < -0.39 is 16.1 Å². The zero-order valence-electron chi connectivity index (χ0n) is 10.7. The van der Waals surface area contributed by atoms with E-state index in [9.17, 15) is 13.5 Å². The molecule has 2 atom stereocenters. The van der Waals surface area contributed by atoms with E-state index >= 15 is 0 Å². The number of benzene rings is 1. The average molecular weight is 280 g/mol. The first-order chi connectivity index (χ1) is 8.96. The Morgan fingerprint density at radius 3 is 2.74 bits per heavy atom. The minimum atomic E-state index is -3.66. The molecule has 0 bridgehead atoms. The fourth-order valence-corrected chi connectivity index (χ4v) is 3.93. The Bertz CT molecular complexity index is 607. The van der Waals surface area contributed by atoms with Crippen molar-refractivity contribution >= 4 is 10.0 Å². The van der Waals surface area contributed by atoms with Crippen molar-refractivity contribution in [3.8, 4) is 6.07 Å². The molecule has 102 valence electrons. The van der Waals surface area contributed by atoms with Crippen LogP contribution in [-0.2, 0) is 10.0 Å². The number of piperidine rings is 1. The zero-order chi connectivity index (χ0) is 14.0. The third-order valence-electron chi connectivity index (χ3n) is 3.45. The first kappa shape index (κ1) is 14.0. The van der Waals surface area contributed by atoms with Crippen molar-refractivity contribution in [2.45, 2.75) is 24.3 Å². The van der Waals surface area contributed by atoms with Crippen LogP contribution in [0.15, 0.2) is 29.2 Å². The van der Waals surface area contributed by atoms with E-state index in [1.165, 1.54) is 16.4 Å². The smallest absolute Gasteiger partial charge is 0.244 e. The Morgan fingerprint density at radius 1 is 1.42 bits per heavy atom. The van der Waals surface area contributed by atoms with Gasteiger partial charge in [-0.15, -0.1) is 0 Å². The van der Waals surface area contributed by atoms with Gasteiger partial charge in [0, 0.05) is 13.1 Å². The molecule has 1 fully saturated rings. The highest BCUT2D eigenvalue weighted by molar-refractivity contribution is 7.89. The SMILES string of the molecule is CC1CN(S(=O)(=O)c2ccccc2C#N)CCC1O. The summed E-state index contributed by atoms with van der Waals surface area (Å²) in [7, 11) is -3.66. The summed E-state index contributed by atoms with van der Waals surface area (Å²) in [6.07, 6.45) is -0.0348. The largest absolute Gasteiger partial charge is 0.393 e. The van der Waals surface area contributed by atoms with Gasteiger partial charge in [0.15, 0.2) is 0 Å². The summed E-state index contributed by atoms with van der Waals surface area (Å²) in [6, 6.07) is 8.09. The van der Waals surface area contributed by atoms with Gasteiger partial charge in [0.2, 0.25) is 10.0 Å². The van der Waals surface area contributed by atoms with Gasteiger partial charge >= 0.3 is 0 Å². The number of rotatable bonds is 2. The monoisotopic (exact) mass is 280 g/mol. The maximum absolute atomic E-state index is 12.5. The zero-order valence-corrected chi connectivity index (χ0v) is 11.5. The van der Waals surface area contributed by atoms with E-state index in [0.29, 0.717) is 6.42 Å². The van der Waals surface area contributed by atoms with Gasteiger partial charge in [0.25, 0.3) is 0 Å². The summed E-state index contributed by atoms with van der Waals surface area (Å²) in [5.74, 6) is -0.0993. The number of nitrogens with zero attached hydrogens (tertiary/aromatic N) is 2. The van der Waals surface area contributed by atoms with Crippen molar-refractivity contribution in [1.82, 2.24) is 4.31 Å². The molecule has 19 heavy (non-hydrogen) atoms. The van der Waals surface area contributed by atoms with Crippen LogP contribution in [0.2, 0.25) is 0 Å². The van der Waals surface area contributed by atoms with E-state index in [2.05, 4.69) is 0 Å². The molecule has 1 aliphatic rings. The van der Waals surface area contributed by atoms with E-state index in [0.717, 1.165) is 0 Å². The molecular weight excluding hydrogens is 264 g/mol. The molecule has 1 aromatic rings. The standard InChI is InChI=1S/C13H16N2O3S/c1-10-9-15(7-6-12(10)16)19(17,18)13-5-3-2-4-11(13)8-14/h2-5,10,12,16H,6-7,9H2,1H3. The van der Waals surface area contributed by atoms with Crippen molar-refractivity contribution < 1.29 is 13.5 Å². The van der Waals surface area contributed by atoms with E-state index in [1.54, 1.807) is 12.1 Å². The lowest BCUT2D eigenvalue weighted by Crippen LogP contribution is -2.45. The van der Waals surface area contributed by atoms with Crippen molar-refractivity contribution in [2.75, 3.05) is 13.1 Å². The second-order valence-corrected chi connectivity index (χ2v) is 6.71. The van der Waals surface area contributed by atoms with E-state index in [-0.39, 0.29) is 29.5 Å². The Morgan fingerprint density at radius 2 is 2.11 bits per heavy atom. The van der Waals surface area contributed by atoms with Crippen molar-refractivity contribution in [2.24, 2.45) is 5.92 Å². The summed E-state index contributed by atoms with van der Waals surface area (Å²) in [5, 5.41) is 18.7. The van der Waals surface area contributed by atoms with Crippen LogP contribution in [0.4, 0.5) is 0 Å². The van der Waals surface area contributed by atoms with E-state index in [1.807, 2.05) is 13.0 Å². The minimum Gasteiger partial charge on any atom is -0.393 e. The maximum atomic E-state index is 12.5. The van der Waals surface area contributed by atoms with E-state index in [4.69, 9.17) is 5.26 Å². The molecule has 5 nitrogen and oxygen atoms in total. The molecule has 0 aliphatic carbocycles. The highest BCUT2D eigenvalue weighted by Gasteiger charge is 2.33. The first-order valence-corrected chi connectivity index (χ1v) is 7.58. The summed E-state index contributed by atoms with van der Waals surface area (Å²) in [5.41, 5.74) is 0.154. The van der Waals surface area contributed by atoms with Crippen LogP contribution in [0.5, 0.6) is 0 Å².